The van der Waals surface area contributed by atoms with Crippen molar-refractivity contribution >= 4 is 16.7 Å². The van der Waals surface area contributed by atoms with Gasteiger partial charge in [-0.1, -0.05) is 6.07 Å². The van der Waals surface area contributed by atoms with E-state index in [9.17, 15) is 5.11 Å². The number of piperazine rings is 1. The van der Waals surface area contributed by atoms with Crippen LogP contribution in [-0.4, -0.2) is 75.4 Å². The molecule has 2 atom stereocenters. The topological polar surface area (TPSA) is 86.6 Å². The summed E-state index contributed by atoms with van der Waals surface area (Å²) in [5.74, 6) is 0.248. The van der Waals surface area contributed by atoms with Crippen LogP contribution >= 0.6 is 0 Å². The van der Waals surface area contributed by atoms with Gasteiger partial charge >= 0.3 is 6.01 Å². The monoisotopic (exact) mass is 504 g/mol. The number of ether oxygens (including phenoxy) is 1. The first-order chi connectivity index (χ1) is 18.0. The number of phenols is 1. The molecule has 1 aromatic carbocycles. The smallest absolute Gasteiger partial charge is 0.319 e. The predicted molar refractivity (Wildman–Crippen MR) is 140 cm³/mol. The highest BCUT2D eigenvalue weighted by Gasteiger charge is 2.45. The summed E-state index contributed by atoms with van der Waals surface area (Å²) in [6.45, 7) is 6.26. The van der Waals surface area contributed by atoms with Crippen LogP contribution in [0.1, 0.15) is 44.1 Å². The van der Waals surface area contributed by atoms with Crippen molar-refractivity contribution in [3.63, 3.8) is 0 Å². The zero-order valence-electron chi connectivity index (χ0n) is 21.2. The molecule has 194 valence electrons. The Bertz CT molecular complexity index is 1340. The van der Waals surface area contributed by atoms with Gasteiger partial charge in [-0.05, 0) is 76.2 Å². The number of nitrogens with zero attached hydrogens (tertiary/aromatic N) is 5. The van der Waals surface area contributed by atoms with Gasteiger partial charge in [-0.2, -0.15) is 9.97 Å². The Hall–Kier alpha value is -3.04. The molecule has 3 aromatic rings. The average molecular weight is 505 g/mol. The summed E-state index contributed by atoms with van der Waals surface area (Å²) >= 11 is 0. The lowest BCUT2D eigenvalue weighted by atomic mass is 9.95. The molecule has 4 aliphatic heterocycles. The second kappa shape index (κ2) is 8.77. The number of benzene rings is 1. The van der Waals surface area contributed by atoms with Crippen LogP contribution in [0.15, 0.2) is 24.4 Å². The molecule has 0 unspecified atom stereocenters. The number of pyridine rings is 1. The summed E-state index contributed by atoms with van der Waals surface area (Å²) in [4.78, 5) is 18.8. The second-order valence-electron chi connectivity index (χ2n) is 11.3. The highest BCUT2D eigenvalue weighted by atomic mass is 19.1. The summed E-state index contributed by atoms with van der Waals surface area (Å²) in [5.41, 5.74) is 1.81. The van der Waals surface area contributed by atoms with Gasteiger partial charge in [0.2, 0.25) is 0 Å². The van der Waals surface area contributed by atoms with E-state index in [1.54, 1.807) is 24.4 Å². The minimum absolute atomic E-state index is 0.0489. The number of fused-ring (bicyclic) bond motifs is 4. The molecule has 0 radical (unpaired) electrons. The van der Waals surface area contributed by atoms with E-state index in [0.717, 1.165) is 57.4 Å². The molecule has 7 rings (SSSR count). The summed E-state index contributed by atoms with van der Waals surface area (Å²) < 4.78 is 22.5. The number of hydrogen-bond acceptors (Lipinski definition) is 8. The Labute approximate surface area is 215 Å². The van der Waals surface area contributed by atoms with E-state index < -0.39 is 5.82 Å². The van der Waals surface area contributed by atoms with Crippen LogP contribution in [0.3, 0.4) is 0 Å². The molecule has 0 saturated carbocycles. The van der Waals surface area contributed by atoms with Crippen molar-refractivity contribution in [2.24, 2.45) is 0 Å². The molecule has 4 fully saturated rings. The number of aryl methyl sites for hydroxylation is 1. The highest BCUT2D eigenvalue weighted by molar-refractivity contribution is 5.92. The van der Waals surface area contributed by atoms with E-state index in [4.69, 9.17) is 9.72 Å². The maximum atomic E-state index is 16.2. The molecule has 0 spiro atoms. The van der Waals surface area contributed by atoms with Crippen molar-refractivity contribution in [1.82, 2.24) is 25.2 Å². The van der Waals surface area contributed by atoms with Crippen LogP contribution in [0.5, 0.6) is 11.8 Å². The third-order valence-electron chi connectivity index (χ3n) is 8.92. The Kier molecular flexibility index (Phi) is 5.48. The first-order valence-electron chi connectivity index (χ1n) is 13.5. The predicted octanol–water partition coefficient (Wildman–Crippen LogP) is 3.79. The van der Waals surface area contributed by atoms with Crippen LogP contribution in [-0.2, 0) is 0 Å². The van der Waals surface area contributed by atoms with Gasteiger partial charge in [0.1, 0.15) is 29.4 Å². The number of aromatic nitrogens is 3. The lowest BCUT2D eigenvalue weighted by Crippen LogP contribution is -2.51. The molecule has 4 aliphatic rings. The maximum Gasteiger partial charge on any atom is 0.319 e. The van der Waals surface area contributed by atoms with Gasteiger partial charge < -0.3 is 20.1 Å². The number of nitrogens with one attached hydrogen (secondary N) is 1. The van der Waals surface area contributed by atoms with Crippen LogP contribution in [0.2, 0.25) is 0 Å². The zero-order chi connectivity index (χ0) is 25.1. The quantitative estimate of drug-likeness (QED) is 0.543. The third-order valence-corrected chi connectivity index (χ3v) is 8.92. The van der Waals surface area contributed by atoms with Crippen molar-refractivity contribution in [2.75, 3.05) is 37.7 Å². The van der Waals surface area contributed by atoms with Crippen LogP contribution in [0.25, 0.3) is 22.2 Å². The lowest BCUT2D eigenvalue weighted by Gasteiger charge is -2.34. The van der Waals surface area contributed by atoms with Crippen LogP contribution in [0, 0.1) is 12.7 Å². The van der Waals surface area contributed by atoms with Crippen LogP contribution in [0.4, 0.5) is 10.2 Å². The van der Waals surface area contributed by atoms with Gasteiger partial charge in [-0.15, -0.1) is 0 Å². The van der Waals surface area contributed by atoms with Crippen molar-refractivity contribution in [3.05, 3.63) is 35.8 Å². The first-order valence-corrected chi connectivity index (χ1v) is 13.5. The van der Waals surface area contributed by atoms with E-state index in [1.807, 2.05) is 6.92 Å². The fraction of sp³-hybridized carbons (Fsp3) is 0.536. The molecule has 37 heavy (non-hydrogen) atoms. The Morgan fingerprint density at radius 3 is 2.65 bits per heavy atom. The summed E-state index contributed by atoms with van der Waals surface area (Å²) in [7, 11) is 0. The van der Waals surface area contributed by atoms with Gasteiger partial charge in [-0.25, -0.2) is 4.39 Å². The third kappa shape index (κ3) is 3.90. The van der Waals surface area contributed by atoms with Crippen molar-refractivity contribution < 1.29 is 14.2 Å². The molecule has 8 nitrogen and oxygen atoms in total. The number of phenolic OH excluding ortho intramolecular Hbond substituents is 1. The fourth-order valence-corrected chi connectivity index (χ4v) is 7.01. The van der Waals surface area contributed by atoms with Gasteiger partial charge in [0.15, 0.2) is 5.82 Å². The molecular weight excluding hydrogens is 471 g/mol. The fourth-order valence-electron chi connectivity index (χ4n) is 7.01. The summed E-state index contributed by atoms with van der Waals surface area (Å²) in [6.07, 6.45) is 8.56. The van der Waals surface area contributed by atoms with Gasteiger partial charge in [-0.3, -0.25) is 9.88 Å². The minimum Gasteiger partial charge on any atom is -0.508 e. The van der Waals surface area contributed by atoms with Gasteiger partial charge in [0, 0.05) is 36.9 Å². The number of anilines is 1. The van der Waals surface area contributed by atoms with Crippen molar-refractivity contribution in [2.45, 2.75) is 63.1 Å². The summed E-state index contributed by atoms with van der Waals surface area (Å²) in [6, 6.07) is 5.95. The molecule has 9 heteroatoms. The molecule has 0 amide bonds. The maximum absolute atomic E-state index is 16.2. The first kappa shape index (κ1) is 23.1. The molecule has 4 saturated heterocycles. The summed E-state index contributed by atoms with van der Waals surface area (Å²) in [5, 5.41) is 14.3. The second-order valence-corrected chi connectivity index (χ2v) is 11.3. The minimum atomic E-state index is -0.515. The van der Waals surface area contributed by atoms with E-state index in [2.05, 4.69) is 25.1 Å². The standard InChI is InChI=1S/C28H33FN6O2/c1-17-4-7-20(36)12-21(17)24-23(29)25-22(13-30-24)26(34-14-18-5-6-19(15-34)31-18)33-27(32-25)37-16-28-8-2-10-35(28)11-3-9-28/h4,7,12-13,18-19,31,36H,2-3,5-6,8-11,14-16H2,1H3/t18-,19+. The van der Waals surface area contributed by atoms with Crippen molar-refractivity contribution in [3.8, 4) is 23.0 Å². The van der Waals surface area contributed by atoms with E-state index in [1.165, 1.54) is 12.8 Å². The van der Waals surface area contributed by atoms with E-state index in [-0.39, 0.29) is 28.5 Å². The number of hydrogen-bond donors (Lipinski definition) is 2. The molecular formula is C28H33FN6O2. The molecule has 0 aliphatic carbocycles. The molecule has 2 aromatic heterocycles. The largest absolute Gasteiger partial charge is 0.508 e. The molecule has 6 heterocycles. The van der Waals surface area contributed by atoms with Gasteiger partial charge in [0.25, 0.3) is 0 Å². The molecule has 2 bridgehead atoms. The van der Waals surface area contributed by atoms with Gasteiger partial charge in [0.05, 0.1) is 10.9 Å². The SMILES string of the molecule is Cc1ccc(O)cc1-c1ncc2c(N3C[C@H]4CC[C@@H](C3)N4)nc(OCC34CCCN3CCC4)nc2c1F. The zero-order valence-corrected chi connectivity index (χ0v) is 21.2. The Morgan fingerprint density at radius 1 is 1.14 bits per heavy atom. The lowest BCUT2D eigenvalue weighted by molar-refractivity contribution is 0.108. The average Bonchev–Trinajstić information content (AvgIpc) is 3.58. The number of rotatable bonds is 5. The molecule has 2 N–H and O–H groups in total. The number of halogens is 1. The van der Waals surface area contributed by atoms with E-state index in [0.29, 0.717) is 35.5 Å². The highest BCUT2D eigenvalue weighted by Crippen LogP contribution is 2.40. The normalized spacial score (nSPS) is 24.6. The van der Waals surface area contributed by atoms with Crippen LogP contribution < -0.4 is 15.0 Å². The Morgan fingerprint density at radius 2 is 1.89 bits per heavy atom. The van der Waals surface area contributed by atoms with E-state index >= 15 is 4.39 Å². The number of aromatic hydroxyl groups is 1. The Balaban J connectivity index is 1.32. The van der Waals surface area contributed by atoms with Crippen molar-refractivity contribution in [1.29, 1.82) is 0 Å².